The number of hydrogen-bond acceptors (Lipinski definition) is 5. The van der Waals surface area contributed by atoms with Gasteiger partial charge in [0.25, 0.3) is 0 Å². The number of esters is 1. The summed E-state index contributed by atoms with van der Waals surface area (Å²) in [7, 11) is 1.37. The zero-order chi connectivity index (χ0) is 14.1. The molecule has 0 amide bonds. The molecule has 106 valence electrons. The van der Waals surface area contributed by atoms with E-state index in [-0.39, 0.29) is 5.97 Å². The Labute approximate surface area is 117 Å². The summed E-state index contributed by atoms with van der Waals surface area (Å²) in [6.07, 6.45) is 2.99. The average Bonchev–Trinajstić information content (AvgIpc) is 3.11. The van der Waals surface area contributed by atoms with E-state index in [1.807, 2.05) is 16.7 Å². The van der Waals surface area contributed by atoms with E-state index in [2.05, 4.69) is 22.0 Å². The number of nitrogens with zero attached hydrogens (tertiary/aromatic N) is 4. The molecule has 0 N–H and O–H groups in total. The van der Waals surface area contributed by atoms with Gasteiger partial charge >= 0.3 is 5.97 Å². The SMILES string of the molecule is CCN1CCC(c2nnc3c(C(=O)OC)cccn23)C1. The lowest BCUT2D eigenvalue weighted by atomic mass is 10.1. The van der Waals surface area contributed by atoms with Crippen LogP contribution in [0.15, 0.2) is 18.3 Å². The fraction of sp³-hybridized carbons (Fsp3) is 0.500. The van der Waals surface area contributed by atoms with E-state index in [0.717, 1.165) is 31.9 Å². The number of carbonyl (C=O) groups is 1. The van der Waals surface area contributed by atoms with Gasteiger partial charge in [0, 0.05) is 18.7 Å². The summed E-state index contributed by atoms with van der Waals surface area (Å²) in [5, 5.41) is 8.48. The summed E-state index contributed by atoms with van der Waals surface area (Å²) >= 11 is 0. The highest BCUT2D eigenvalue weighted by Gasteiger charge is 2.27. The summed E-state index contributed by atoms with van der Waals surface area (Å²) in [5.74, 6) is 0.927. The molecule has 1 aliphatic rings. The van der Waals surface area contributed by atoms with Crippen molar-refractivity contribution in [2.24, 2.45) is 0 Å². The molecular formula is C14H18N4O2. The number of likely N-dealkylation sites (N-methyl/N-ethyl adjacent to an activating group) is 1. The van der Waals surface area contributed by atoms with Gasteiger partial charge in [0.15, 0.2) is 5.65 Å². The Balaban J connectivity index is 2.00. The van der Waals surface area contributed by atoms with E-state index in [1.54, 1.807) is 6.07 Å². The van der Waals surface area contributed by atoms with Crippen LogP contribution in [0.25, 0.3) is 5.65 Å². The predicted octanol–water partition coefficient (Wildman–Crippen LogP) is 1.33. The van der Waals surface area contributed by atoms with Crippen molar-refractivity contribution in [3.05, 3.63) is 29.7 Å². The van der Waals surface area contributed by atoms with Crippen LogP contribution in [-0.2, 0) is 4.74 Å². The van der Waals surface area contributed by atoms with E-state index in [4.69, 9.17) is 4.74 Å². The van der Waals surface area contributed by atoms with Crippen molar-refractivity contribution in [3.8, 4) is 0 Å². The quantitative estimate of drug-likeness (QED) is 0.790. The number of carbonyl (C=O) groups excluding carboxylic acids is 1. The van der Waals surface area contributed by atoms with Crippen molar-refractivity contribution < 1.29 is 9.53 Å². The van der Waals surface area contributed by atoms with Crippen molar-refractivity contribution in [2.75, 3.05) is 26.7 Å². The third-order valence-electron chi connectivity index (χ3n) is 3.95. The Morgan fingerprint density at radius 1 is 1.50 bits per heavy atom. The minimum Gasteiger partial charge on any atom is -0.465 e. The maximum Gasteiger partial charge on any atom is 0.341 e. The summed E-state index contributed by atoms with van der Waals surface area (Å²) in [6, 6.07) is 3.55. The Kier molecular flexibility index (Phi) is 3.40. The van der Waals surface area contributed by atoms with Gasteiger partial charge in [-0.15, -0.1) is 10.2 Å². The highest BCUT2D eigenvalue weighted by atomic mass is 16.5. The van der Waals surface area contributed by atoms with Gasteiger partial charge in [-0.05, 0) is 31.6 Å². The second-order valence-electron chi connectivity index (χ2n) is 5.04. The summed E-state index contributed by atoms with van der Waals surface area (Å²) in [5.41, 5.74) is 1.03. The predicted molar refractivity (Wildman–Crippen MR) is 73.8 cm³/mol. The number of hydrogen-bond donors (Lipinski definition) is 0. The van der Waals surface area contributed by atoms with Crippen LogP contribution in [-0.4, -0.2) is 52.2 Å². The molecule has 0 bridgehead atoms. The molecule has 0 saturated carbocycles. The van der Waals surface area contributed by atoms with Gasteiger partial charge in [0.05, 0.1) is 7.11 Å². The normalized spacial score (nSPS) is 19.6. The Morgan fingerprint density at radius 3 is 3.05 bits per heavy atom. The molecule has 0 aromatic carbocycles. The van der Waals surface area contributed by atoms with Crippen LogP contribution in [0.3, 0.4) is 0 Å². The summed E-state index contributed by atoms with van der Waals surface area (Å²) in [6.45, 7) is 5.31. The lowest BCUT2D eigenvalue weighted by Gasteiger charge is -2.12. The van der Waals surface area contributed by atoms with Gasteiger partial charge in [0.1, 0.15) is 11.4 Å². The van der Waals surface area contributed by atoms with Crippen LogP contribution >= 0.6 is 0 Å². The van der Waals surface area contributed by atoms with Gasteiger partial charge in [-0.25, -0.2) is 4.79 Å². The molecule has 6 nitrogen and oxygen atoms in total. The number of pyridine rings is 1. The fourth-order valence-corrected chi connectivity index (χ4v) is 2.81. The van der Waals surface area contributed by atoms with Crippen LogP contribution in [0.1, 0.15) is 35.4 Å². The zero-order valence-electron chi connectivity index (χ0n) is 11.7. The number of ether oxygens (including phenoxy) is 1. The van der Waals surface area contributed by atoms with Crippen molar-refractivity contribution in [3.63, 3.8) is 0 Å². The van der Waals surface area contributed by atoms with Gasteiger partial charge < -0.3 is 9.64 Å². The second-order valence-corrected chi connectivity index (χ2v) is 5.04. The summed E-state index contributed by atoms with van der Waals surface area (Å²) < 4.78 is 6.70. The third-order valence-corrected chi connectivity index (χ3v) is 3.95. The Bertz CT molecular complexity index is 637. The second kappa shape index (κ2) is 5.20. The van der Waals surface area contributed by atoms with Crippen molar-refractivity contribution in [1.82, 2.24) is 19.5 Å². The van der Waals surface area contributed by atoms with Crippen molar-refractivity contribution in [1.29, 1.82) is 0 Å². The van der Waals surface area contributed by atoms with Crippen LogP contribution in [0, 0.1) is 0 Å². The van der Waals surface area contributed by atoms with Crippen LogP contribution in [0.4, 0.5) is 0 Å². The fourth-order valence-electron chi connectivity index (χ4n) is 2.81. The number of aromatic nitrogens is 3. The zero-order valence-corrected chi connectivity index (χ0v) is 11.7. The highest BCUT2D eigenvalue weighted by Crippen LogP contribution is 2.26. The summed E-state index contributed by atoms with van der Waals surface area (Å²) in [4.78, 5) is 14.1. The molecular weight excluding hydrogens is 256 g/mol. The first-order chi connectivity index (χ1) is 9.74. The van der Waals surface area contributed by atoms with Gasteiger partial charge in [-0.3, -0.25) is 4.40 Å². The Hall–Kier alpha value is -1.95. The number of methoxy groups -OCH3 is 1. The molecule has 3 rings (SSSR count). The smallest absolute Gasteiger partial charge is 0.341 e. The molecule has 1 fully saturated rings. The number of rotatable bonds is 3. The average molecular weight is 274 g/mol. The molecule has 1 saturated heterocycles. The van der Waals surface area contributed by atoms with E-state index < -0.39 is 0 Å². The molecule has 0 radical (unpaired) electrons. The first-order valence-corrected chi connectivity index (χ1v) is 6.89. The van der Waals surface area contributed by atoms with Crippen LogP contribution < -0.4 is 0 Å². The molecule has 20 heavy (non-hydrogen) atoms. The molecule has 0 aliphatic carbocycles. The molecule has 1 atom stereocenters. The molecule has 2 aromatic rings. The first kappa shape index (κ1) is 13.1. The lowest BCUT2D eigenvalue weighted by Crippen LogP contribution is -2.19. The van der Waals surface area contributed by atoms with E-state index >= 15 is 0 Å². The van der Waals surface area contributed by atoms with Gasteiger partial charge in [-0.1, -0.05) is 6.92 Å². The molecule has 1 aliphatic heterocycles. The molecule has 0 spiro atoms. The number of likely N-dealkylation sites (tertiary alicyclic amines) is 1. The Morgan fingerprint density at radius 2 is 2.35 bits per heavy atom. The minimum absolute atomic E-state index is 0.373. The molecule has 6 heteroatoms. The van der Waals surface area contributed by atoms with Crippen molar-refractivity contribution >= 4 is 11.6 Å². The molecule has 1 unspecified atom stereocenters. The largest absolute Gasteiger partial charge is 0.465 e. The van der Waals surface area contributed by atoms with Gasteiger partial charge in [-0.2, -0.15) is 0 Å². The number of fused-ring (bicyclic) bond motifs is 1. The van der Waals surface area contributed by atoms with E-state index in [1.165, 1.54) is 7.11 Å². The maximum absolute atomic E-state index is 11.7. The molecule has 3 heterocycles. The minimum atomic E-state index is -0.379. The topological polar surface area (TPSA) is 59.7 Å². The standard InChI is InChI=1S/C14H18N4O2/c1-3-17-8-6-10(9-17)12-15-16-13-11(14(19)20-2)5-4-7-18(12)13/h4-5,7,10H,3,6,8-9H2,1-2H3. The van der Waals surface area contributed by atoms with Crippen molar-refractivity contribution in [2.45, 2.75) is 19.3 Å². The lowest BCUT2D eigenvalue weighted by molar-refractivity contribution is 0.0602. The van der Waals surface area contributed by atoms with Crippen LogP contribution in [0.5, 0.6) is 0 Å². The van der Waals surface area contributed by atoms with E-state index in [0.29, 0.717) is 17.1 Å². The highest BCUT2D eigenvalue weighted by molar-refractivity contribution is 5.95. The first-order valence-electron chi connectivity index (χ1n) is 6.89. The maximum atomic E-state index is 11.7. The van der Waals surface area contributed by atoms with Crippen LogP contribution in [0.2, 0.25) is 0 Å². The third kappa shape index (κ3) is 2.06. The molecule has 2 aromatic heterocycles. The van der Waals surface area contributed by atoms with E-state index in [9.17, 15) is 4.79 Å². The monoisotopic (exact) mass is 274 g/mol. The van der Waals surface area contributed by atoms with Gasteiger partial charge in [0.2, 0.25) is 0 Å².